The van der Waals surface area contributed by atoms with E-state index in [1.165, 1.54) is 0 Å². The monoisotopic (exact) mass is 409 g/mol. The van der Waals surface area contributed by atoms with Crippen LogP contribution >= 0.6 is 0 Å². The number of carbonyl (C=O) groups excluding carboxylic acids is 2. The lowest BCUT2D eigenvalue weighted by molar-refractivity contribution is -0.126. The van der Waals surface area contributed by atoms with Crippen LogP contribution in [0.2, 0.25) is 0 Å². The molecule has 0 aromatic heterocycles. The Kier molecular flexibility index (Phi) is 7.86. The van der Waals surface area contributed by atoms with E-state index in [4.69, 9.17) is 0 Å². The highest BCUT2D eigenvalue weighted by Gasteiger charge is 2.28. The zero-order valence-corrected chi connectivity index (χ0v) is 17.7. The van der Waals surface area contributed by atoms with Crippen LogP contribution < -0.4 is 10.0 Å². The van der Waals surface area contributed by atoms with Crippen LogP contribution in [0.5, 0.6) is 0 Å². The van der Waals surface area contributed by atoms with Gasteiger partial charge in [-0.05, 0) is 56.4 Å². The van der Waals surface area contributed by atoms with Gasteiger partial charge >= 0.3 is 0 Å². The number of hydrogen-bond acceptors (Lipinski definition) is 4. The third-order valence-electron chi connectivity index (χ3n) is 4.89. The highest BCUT2D eigenvalue weighted by atomic mass is 32.2. The number of anilines is 1. The third-order valence-corrected chi connectivity index (χ3v) is 6.19. The fourth-order valence-corrected chi connectivity index (χ4v) is 3.76. The lowest BCUT2D eigenvalue weighted by atomic mass is 9.96. The number of piperidine rings is 1. The van der Waals surface area contributed by atoms with Crippen LogP contribution in [-0.2, 0) is 14.8 Å². The highest BCUT2D eigenvalue weighted by Crippen LogP contribution is 2.20. The second-order valence-electron chi connectivity index (χ2n) is 7.65. The first-order valence-corrected chi connectivity index (χ1v) is 11.5. The molecule has 2 rings (SSSR count). The Bertz CT molecular complexity index is 775. The Hall–Kier alpha value is -2.09. The lowest BCUT2D eigenvalue weighted by Crippen LogP contribution is -2.45. The Morgan fingerprint density at radius 2 is 1.89 bits per heavy atom. The topological polar surface area (TPSA) is 95.6 Å². The minimum Gasteiger partial charge on any atom is -0.356 e. The normalized spacial score (nSPS) is 17.4. The predicted octanol–water partition coefficient (Wildman–Crippen LogP) is 2.46. The number of sulfonamides is 1. The van der Waals surface area contributed by atoms with Gasteiger partial charge in [-0.2, -0.15) is 0 Å². The van der Waals surface area contributed by atoms with Gasteiger partial charge in [0.15, 0.2) is 0 Å². The average molecular weight is 410 g/mol. The largest absolute Gasteiger partial charge is 0.356 e. The first kappa shape index (κ1) is 22.2. The second-order valence-corrected chi connectivity index (χ2v) is 9.66. The van der Waals surface area contributed by atoms with Crippen LogP contribution in [0.4, 0.5) is 5.69 Å². The number of rotatable bonds is 8. The van der Waals surface area contributed by atoms with Gasteiger partial charge in [0.25, 0.3) is 5.91 Å². The van der Waals surface area contributed by atoms with Crippen molar-refractivity contribution >= 4 is 27.5 Å². The van der Waals surface area contributed by atoms with E-state index in [0.717, 1.165) is 19.3 Å². The standard InChI is InChI=1S/C20H31N3O4S/c1-4-28(26,27)22-18-9-7-16(8-10-18)20(25)23-13-5-6-17(14-23)19(24)21-12-11-15(2)3/h7-10,15,17,22H,4-6,11-14H2,1-3H3,(H,21,24). The third kappa shape index (κ3) is 6.51. The Morgan fingerprint density at radius 3 is 2.50 bits per heavy atom. The SMILES string of the molecule is CCS(=O)(=O)Nc1ccc(C(=O)N2CCCC(C(=O)NCCC(C)C)C2)cc1. The summed E-state index contributed by atoms with van der Waals surface area (Å²) in [6.45, 7) is 7.49. The maximum Gasteiger partial charge on any atom is 0.253 e. The molecule has 1 aliphatic rings. The maximum absolute atomic E-state index is 12.8. The van der Waals surface area contributed by atoms with Crippen molar-refractivity contribution in [3.05, 3.63) is 29.8 Å². The van der Waals surface area contributed by atoms with Crippen molar-refractivity contribution in [1.29, 1.82) is 0 Å². The molecule has 0 aliphatic carbocycles. The van der Waals surface area contributed by atoms with Gasteiger partial charge in [0.1, 0.15) is 0 Å². The van der Waals surface area contributed by atoms with Gasteiger partial charge in [-0.15, -0.1) is 0 Å². The van der Waals surface area contributed by atoms with Gasteiger partial charge in [-0.3, -0.25) is 14.3 Å². The van der Waals surface area contributed by atoms with E-state index in [2.05, 4.69) is 23.9 Å². The van der Waals surface area contributed by atoms with Crippen LogP contribution in [0.25, 0.3) is 0 Å². The molecular formula is C20H31N3O4S. The van der Waals surface area contributed by atoms with Crippen LogP contribution in [-0.4, -0.2) is 50.5 Å². The molecule has 7 nitrogen and oxygen atoms in total. The molecule has 8 heteroatoms. The molecule has 2 N–H and O–H groups in total. The molecule has 1 atom stereocenters. The number of amides is 2. The molecule has 1 saturated heterocycles. The summed E-state index contributed by atoms with van der Waals surface area (Å²) < 4.78 is 25.7. The molecule has 156 valence electrons. The molecule has 0 radical (unpaired) electrons. The van der Waals surface area contributed by atoms with E-state index in [9.17, 15) is 18.0 Å². The summed E-state index contributed by atoms with van der Waals surface area (Å²) >= 11 is 0. The van der Waals surface area contributed by atoms with Gasteiger partial charge in [-0.25, -0.2) is 8.42 Å². The molecule has 0 bridgehead atoms. The van der Waals surface area contributed by atoms with Crippen LogP contribution in [0.1, 0.15) is 50.4 Å². The van der Waals surface area contributed by atoms with E-state index in [-0.39, 0.29) is 23.5 Å². The average Bonchev–Trinajstić information content (AvgIpc) is 2.67. The molecule has 0 saturated carbocycles. The molecule has 1 aromatic rings. The highest BCUT2D eigenvalue weighted by molar-refractivity contribution is 7.92. The van der Waals surface area contributed by atoms with Crippen molar-refractivity contribution in [2.75, 3.05) is 30.1 Å². The molecule has 1 aromatic carbocycles. The van der Waals surface area contributed by atoms with E-state index < -0.39 is 10.0 Å². The first-order valence-electron chi connectivity index (χ1n) is 9.89. The number of carbonyl (C=O) groups is 2. The molecule has 2 amide bonds. The summed E-state index contributed by atoms with van der Waals surface area (Å²) in [5.74, 6) is 0.226. The van der Waals surface area contributed by atoms with E-state index in [1.807, 2.05) is 0 Å². The summed E-state index contributed by atoms with van der Waals surface area (Å²) in [5, 5.41) is 2.98. The molecule has 1 unspecified atom stereocenters. The number of likely N-dealkylation sites (tertiary alicyclic amines) is 1. The number of benzene rings is 1. The van der Waals surface area contributed by atoms with Crippen LogP contribution in [0.15, 0.2) is 24.3 Å². The summed E-state index contributed by atoms with van der Waals surface area (Å²) in [6.07, 6.45) is 2.52. The zero-order chi connectivity index (χ0) is 20.7. The first-order chi connectivity index (χ1) is 13.2. The summed E-state index contributed by atoms with van der Waals surface area (Å²) in [4.78, 5) is 26.9. The predicted molar refractivity (Wildman–Crippen MR) is 111 cm³/mol. The van der Waals surface area contributed by atoms with Crippen LogP contribution in [0, 0.1) is 11.8 Å². The summed E-state index contributed by atoms with van der Waals surface area (Å²) in [6, 6.07) is 6.39. The van der Waals surface area contributed by atoms with Gasteiger partial charge in [0.05, 0.1) is 11.7 Å². The zero-order valence-electron chi connectivity index (χ0n) is 16.9. The van der Waals surface area contributed by atoms with Gasteiger partial charge in [0, 0.05) is 30.9 Å². The Labute approximate surface area is 167 Å². The van der Waals surface area contributed by atoms with Crippen LogP contribution in [0.3, 0.4) is 0 Å². The smallest absolute Gasteiger partial charge is 0.253 e. The molecule has 28 heavy (non-hydrogen) atoms. The molecule has 1 fully saturated rings. The van der Waals surface area contributed by atoms with E-state index in [0.29, 0.717) is 36.8 Å². The minimum atomic E-state index is -3.35. The van der Waals surface area contributed by atoms with Crippen molar-refractivity contribution in [1.82, 2.24) is 10.2 Å². The quantitative estimate of drug-likeness (QED) is 0.689. The number of nitrogens with one attached hydrogen (secondary N) is 2. The number of nitrogens with zero attached hydrogens (tertiary/aromatic N) is 1. The van der Waals surface area contributed by atoms with E-state index in [1.54, 1.807) is 36.1 Å². The molecular weight excluding hydrogens is 378 g/mol. The van der Waals surface area contributed by atoms with Gasteiger partial charge in [-0.1, -0.05) is 13.8 Å². The Balaban J connectivity index is 1.95. The van der Waals surface area contributed by atoms with Crippen molar-refractivity contribution in [3.63, 3.8) is 0 Å². The Morgan fingerprint density at radius 1 is 1.21 bits per heavy atom. The lowest BCUT2D eigenvalue weighted by Gasteiger charge is -2.32. The minimum absolute atomic E-state index is 0.0118. The fourth-order valence-electron chi connectivity index (χ4n) is 3.12. The van der Waals surface area contributed by atoms with Gasteiger partial charge in [0.2, 0.25) is 15.9 Å². The molecule has 1 aliphatic heterocycles. The molecule has 1 heterocycles. The summed E-state index contributed by atoms with van der Waals surface area (Å²) in [7, 11) is -3.35. The van der Waals surface area contributed by atoms with E-state index >= 15 is 0 Å². The maximum atomic E-state index is 12.8. The fraction of sp³-hybridized carbons (Fsp3) is 0.600. The summed E-state index contributed by atoms with van der Waals surface area (Å²) in [5.41, 5.74) is 0.916. The van der Waals surface area contributed by atoms with Crippen molar-refractivity contribution in [2.24, 2.45) is 11.8 Å². The van der Waals surface area contributed by atoms with Crippen molar-refractivity contribution < 1.29 is 18.0 Å². The van der Waals surface area contributed by atoms with Crippen molar-refractivity contribution in [2.45, 2.75) is 40.0 Å². The molecule has 0 spiro atoms. The van der Waals surface area contributed by atoms with Crippen molar-refractivity contribution in [3.8, 4) is 0 Å². The number of hydrogen-bond donors (Lipinski definition) is 2. The second kappa shape index (κ2) is 9.91. The van der Waals surface area contributed by atoms with Gasteiger partial charge < -0.3 is 10.2 Å².